The molecule has 0 spiro atoms. The molecule has 0 saturated carbocycles. The van der Waals surface area contributed by atoms with E-state index in [0.717, 1.165) is 15.8 Å². The van der Waals surface area contributed by atoms with Gasteiger partial charge in [0.2, 0.25) is 0 Å². The van der Waals surface area contributed by atoms with Crippen LogP contribution in [-0.2, 0) is 0 Å². The van der Waals surface area contributed by atoms with Crippen LogP contribution in [0.4, 0.5) is 0 Å². The maximum atomic E-state index is 9.91. The third-order valence-corrected chi connectivity index (χ3v) is 2.88. The fraction of sp³-hybridized carbons (Fsp3) is 0.143. The Labute approximate surface area is 109 Å². The van der Waals surface area contributed by atoms with E-state index in [-0.39, 0.29) is 6.61 Å². The Balaban J connectivity index is 1.95. The number of aliphatic hydroxyl groups is 1. The van der Waals surface area contributed by atoms with Gasteiger partial charge in [-0.05, 0) is 23.8 Å². The Kier molecular flexibility index (Phi) is 4.18. The van der Waals surface area contributed by atoms with Crippen LogP contribution < -0.4 is 4.74 Å². The van der Waals surface area contributed by atoms with Crippen LogP contribution in [0, 0.1) is 0 Å². The third kappa shape index (κ3) is 3.58. The lowest BCUT2D eigenvalue weighted by molar-refractivity contribution is 0.108. The van der Waals surface area contributed by atoms with Crippen molar-refractivity contribution in [3.63, 3.8) is 0 Å². The van der Waals surface area contributed by atoms with E-state index in [2.05, 4.69) is 15.9 Å². The number of ether oxygens (including phenoxy) is 1. The number of hydrogen-bond acceptors (Lipinski definition) is 2. The highest BCUT2D eigenvalue weighted by Crippen LogP contribution is 2.20. The normalized spacial score (nSPS) is 12.1. The second kappa shape index (κ2) is 5.84. The molecule has 0 aromatic heterocycles. The van der Waals surface area contributed by atoms with Crippen LogP contribution in [0.15, 0.2) is 59.1 Å². The first-order chi connectivity index (χ1) is 8.25. The van der Waals surface area contributed by atoms with Crippen LogP contribution in [0.2, 0.25) is 0 Å². The van der Waals surface area contributed by atoms with Crippen LogP contribution in [0.3, 0.4) is 0 Å². The number of halogens is 1. The van der Waals surface area contributed by atoms with E-state index in [1.807, 2.05) is 54.6 Å². The Morgan fingerprint density at radius 2 is 1.82 bits per heavy atom. The molecule has 1 N–H and O–H groups in total. The monoisotopic (exact) mass is 292 g/mol. The van der Waals surface area contributed by atoms with Gasteiger partial charge in [-0.25, -0.2) is 0 Å². The molecule has 3 heteroatoms. The van der Waals surface area contributed by atoms with Crippen molar-refractivity contribution in [2.24, 2.45) is 0 Å². The molecule has 0 fully saturated rings. The first-order valence-corrected chi connectivity index (χ1v) is 6.16. The summed E-state index contributed by atoms with van der Waals surface area (Å²) in [5.41, 5.74) is 0.863. The van der Waals surface area contributed by atoms with Crippen molar-refractivity contribution >= 4 is 15.9 Å². The Morgan fingerprint density at radius 1 is 1.06 bits per heavy atom. The molecular weight excluding hydrogens is 280 g/mol. The minimum Gasteiger partial charge on any atom is -0.490 e. The van der Waals surface area contributed by atoms with Gasteiger partial charge in [-0.2, -0.15) is 0 Å². The zero-order chi connectivity index (χ0) is 12.1. The van der Waals surface area contributed by atoms with Gasteiger partial charge in [0.15, 0.2) is 0 Å². The van der Waals surface area contributed by atoms with Crippen molar-refractivity contribution in [2.45, 2.75) is 6.10 Å². The van der Waals surface area contributed by atoms with Gasteiger partial charge in [0.1, 0.15) is 18.5 Å². The molecule has 0 bridgehead atoms. The minimum atomic E-state index is -0.602. The van der Waals surface area contributed by atoms with Gasteiger partial charge in [0, 0.05) is 4.47 Å². The Bertz CT molecular complexity index is 471. The standard InChI is InChI=1S/C14H13BrO2/c15-12-7-4-8-13(9-12)17-10-14(16)11-5-2-1-3-6-11/h1-9,14,16H,10H2. The molecule has 0 saturated heterocycles. The second-order valence-corrected chi connectivity index (χ2v) is 4.61. The second-order valence-electron chi connectivity index (χ2n) is 3.69. The van der Waals surface area contributed by atoms with E-state index in [1.165, 1.54) is 0 Å². The minimum absolute atomic E-state index is 0.250. The quantitative estimate of drug-likeness (QED) is 0.934. The first-order valence-electron chi connectivity index (χ1n) is 5.37. The molecule has 0 aliphatic heterocycles. The summed E-state index contributed by atoms with van der Waals surface area (Å²) >= 11 is 3.37. The fourth-order valence-electron chi connectivity index (χ4n) is 1.50. The number of aliphatic hydroxyl groups excluding tert-OH is 1. The number of hydrogen-bond donors (Lipinski definition) is 1. The zero-order valence-corrected chi connectivity index (χ0v) is 10.8. The molecule has 17 heavy (non-hydrogen) atoms. The van der Waals surface area contributed by atoms with Gasteiger partial charge in [-0.15, -0.1) is 0 Å². The van der Waals surface area contributed by atoms with E-state index in [1.54, 1.807) is 0 Å². The summed E-state index contributed by atoms with van der Waals surface area (Å²) in [7, 11) is 0. The zero-order valence-electron chi connectivity index (χ0n) is 9.21. The van der Waals surface area contributed by atoms with E-state index < -0.39 is 6.10 Å². The molecule has 88 valence electrons. The maximum Gasteiger partial charge on any atom is 0.120 e. The highest BCUT2D eigenvalue weighted by molar-refractivity contribution is 9.10. The molecular formula is C14H13BrO2. The lowest BCUT2D eigenvalue weighted by Gasteiger charge is -2.12. The van der Waals surface area contributed by atoms with E-state index in [9.17, 15) is 5.11 Å². The average molecular weight is 293 g/mol. The highest BCUT2D eigenvalue weighted by atomic mass is 79.9. The van der Waals surface area contributed by atoms with Gasteiger partial charge in [-0.3, -0.25) is 0 Å². The lowest BCUT2D eigenvalue weighted by Crippen LogP contribution is -2.09. The molecule has 2 rings (SSSR count). The summed E-state index contributed by atoms with van der Waals surface area (Å²) in [6.07, 6.45) is -0.602. The van der Waals surface area contributed by atoms with Crippen molar-refractivity contribution in [2.75, 3.05) is 6.61 Å². The fourth-order valence-corrected chi connectivity index (χ4v) is 1.88. The molecule has 0 aliphatic rings. The number of rotatable bonds is 4. The molecule has 2 aromatic carbocycles. The first kappa shape index (κ1) is 12.1. The largest absolute Gasteiger partial charge is 0.490 e. The summed E-state index contributed by atoms with van der Waals surface area (Å²) in [5.74, 6) is 0.745. The predicted octanol–water partition coefficient (Wildman–Crippen LogP) is 3.56. The molecule has 0 radical (unpaired) electrons. The van der Waals surface area contributed by atoms with Crippen LogP contribution in [0.1, 0.15) is 11.7 Å². The summed E-state index contributed by atoms with van der Waals surface area (Å²) in [6.45, 7) is 0.250. The molecule has 0 aliphatic carbocycles. The number of benzene rings is 2. The van der Waals surface area contributed by atoms with Gasteiger partial charge in [0.05, 0.1) is 0 Å². The van der Waals surface area contributed by atoms with E-state index >= 15 is 0 Å². The molecule has 1 unspecified atom stereocenters. The Morgan fingerprint density at radius 3 is 2.53 bits per heavy atom. The molecule has 0 heterocycles. The van der Waals surface area contributed by atoms with Crippen molar-refractivity contribution < 1.29 is 9.84 Å². The summed E-state index contributed by atoms with van der Waals surface area (Å²) in [5, 5.41) is 9.91. The predicted molar refractivity (Wildman–Crippen MR) is 71.0 cm³/mol. The lowest BCUT2D eigenvalue weighted by atomic mass is 10.1. The third-order valence-electron chi connectivity index (χ3n) is 2.39. The van der Waals surface area contributed by atoms with Gasteiger partial charge in [0.25, 0.3) is 0 Å². The topological polar surface area (TPSA) is 29.5 Å². The van der Waals surface area contributed by atoms with Crippen LogP contribution in [0.5, 0.6) is 5.75 Å². The average Bonchev–Trinajstić information content (AvgIpc) is 2.37. The van der Waals surface area contributed by atoms with Crippen molar-refractivity contribution in [3.05, 3.63) is 64.6 Å². The van der Waals surface area contributed by atoms with Crippen LogP contribution >= 0.6 is 15.9 Å². The van der Waals surface area contributed by atoms with Gasteiger partial charge >= 0.3 is 0 Å². The van der Waals surface area contributed by atoms with Crippen molar-refractivity contribution in [1.82, 2.24) is 0 Å². The molecule has 2 aromatic rings. The Hall–Kier alpha value is -1.32. The summed E-state index contributed by atoms with van der Waals surface area (Å²) < 4.78 is 6.49. The van der Waals surface area contributed by atoms with Gasteiger partial charge < -0.3 is 9.84 Å². The van der Waals surface area contributed by atoms with E-state index in [0.29, 0.717) is 0 Å². The maximum absolute atomic E-state index is 9.91. The van der Waals surface area contributed by atoms with Crippen LogP contribution in [-0.4, -0.2) is 11.7 Å². The van der Waals surface area contributed by atoms with Crippen molar-refractivity contribution in [3.8, 4) is 5.75 Å². The molecule has 2 nitrogen and oxygen atoms in total. The van der Waals surface area contributed by atoms with E-state index in [4.69, 9.17) is 4.74 Å². The van der Waals surface area contributed by atoms with Crippen LogP contribution in [0.25, 0.3) is 0 Å². The SMILES string of the molecule is OC(COc1cccc(Br)c1)c1ccccc1. The smallest absolute Gasteiger partial charge is 0.120 e. The summed E-state index contributed by atoms with van der Waals surface area (Å²) in [4.78, 5) is 0. The van der Waals surface area contributed by atoms with Crippen molar-refractivity contribution in [1.29, 1.82) is 0 Å². The molecule has 0 amide bonds. The molecule has 1 atom stereocenters. The van der Waals surface area contributed by atoms with Gasteiger partial charge in [-0.1, -0.05) is 52.3 Å². The summed E-state index contributed by atoms with van der Waals surface area (Å²) in [6, 6.07) is 17.1. The highest BCUT2D eigenvalue weighted by Gasteiger charge is 2.07.